The van der Waals surface area contributed by atoms with Crippen molar-refractivity contribution >= 4 is 17.2 Å². The highest BCUT2D eigenvalue weighted by Crippen LogP contribution is 2.24. The van der Waals surface area contributed by atoms with Crippen molar-refractivity contribution in [2.75, 3.05) is 13.1 Å². The van der Waals surface area contributed by atoms with Crippen LogP contribution in [-0.2, 0) is 6.42 Å². The zero-order valence-electron chi connectivity index (χ0n) is 16.7. The van der Waals surface area contributed by atoms with Crippen molar-refractivity contribution in [2.45, 2.75) is 13.3 Å². The molecule has 0 spiro atoms. The topological polar surface area (TPSA) is 54.4 Å². The molecule has 1 aromatic heterocycles. The summed E-state index contributed by atoms with van der Waals surface area (Å²) in [6, 6.07) is 18.1. The van der Waals surface area contributed by atoms with Crippen molar-refractivity contribution in [1.29, 1.82) is 0 Å². The van der Waals surface area contributed by atoms with Crippen molar-refractivity contribution < 1.29 is 9.18 Å². The number of rotatable bonds is 6. The first kappa shape index (κ1) is 19.7. The van der Waals surface area contributed by atoms with E-state index in [2.05, 4.69) is 15.3 Å². The number of carbonyl (C=O) groups is 1. The first-order valence-corrected chi connectivity index (χ1v) is 9.90. The van der Waals surface area contributed by atoms with Crippen LogP contribution < -0.4 is 5.32 Å². The quantitative estimate of drug-likeness (QED) is 0.668. The van der Waals surface area contributed by atoms with E-state index in [0.717, 1.165) is 33.7 Å². The molecule has 0 saturated carbocycles. The molecule has 0 saturated heterocycles. The maximum Gasteiger partial charge on any atom is 0.251 e. The van der Waals surface area contributed by atoms with Gasteiger partial charge in [0.1, 0.15) is 5.82 Å². The Labute approximate surface area is 175 Å². The number of hydrogen-bond donors (Lipinski definition) is 1. The molecule has 1 aliphatic rings. The van der Waals surface area contributed by atoms with Gasteiger partial charge in [0.25, 0.3) is 5.91 Å². The third kappa shape index (κ3) is 4.51. The Kier molecular flexibility index (Phi) is 5.80. The summed E-state index contributed by atoms with van der Waals surface area (Å²) in [4.78, 5) is 21.7. The summed E-state index contributed by atoms with van der Waals surface area (Å²) >= 11 is 0. The van der Waals surface area contributed by atoms with E-state index in [0.29, 0.717) is 25.1 Å². The highest BCUT2D eigenvalue weighted by Gasteiger charge is 2.18. The van der Waals surface area contributed by atoms with Crippen LogP contribution in [0.25, 0.3) is 5.57 Å². The number of aryl methyl sites for hydroxylation is 1. The molecule has 4 nitrogen and oxygen atoms in total. The Bertz CT molecular complexity index is 1120. The molecule has 0 bridgehead atoms. The van der Waals surface area contributed by atoms with Gasteiger partial charge in [0.05, 0.1) is 12.3 Å². The van der Waals surface area contributed by atoms with Crippen LogP contribution in [0.1, 0.15) is 32.7 Å². The molecule has 0 fully saturated rings. The van der Waals surface area contributed by atoms with Crippen LogP contribution >= 0.6 is 0 Å². The van der Waals surface area contributed by atoms with Crippen LogP contribution in [0.15, 0.2) is 77.9 Å². The fourth-order valence-corrected chi connectivity index (χ4v) is 3.54. The second-order valence-electron chi connectivity index (χ2n) is 7.26. The average molecular weight is 399 g/mol. The Morgan fingerprint density at radius 2 is 1.93 bits per heavy atom. The SMILES string of the molecule is Cc1cc(F)cc(C2=CC(c3ccccc3C(=O)NCCc3ccccn3)=NC2)c1. The molecule has 2 heterocycles. The molecule has 3 aromatic rings. The smallest absolute Gasteiger partial charge is 0.251 e. The van der Waals surface area contributed by atoms with Gasteiger partial charge >= 0.3 is 0 Å². The van der Waals surface area contributed by atoms with Crippen molar-refractivity contribution in [3.8, 4) is 0 Å². The zero-order chi connectivity index (χ0) is 20.9. The monoisotopic (exact) mass is 399 g/mol. The minimum Gasteiger partial charge on any atom is -0.352 e. The van der Waals surface area contributed by atoms with E-state index in [1.54, 1.807) is 12.3 Å². The number of aromatic nitrogens is 1. The number of nitrogens with one attached hydrogen (secondary N) is 1. The predicted octanol–water partition coefficient (Wildman–Crippen LogP) is 4.39. The third-order valence-electron chi connectivity index (χ3n) is 4.98. The van der Waals surface area contributed by atoms with Gasteiger partial charge in [-0.3, -0.25) is 14.8 Å². The lowest BCUT2D eigenvalue weighted by Gasteiger charge is -2.09. The van der Waals surface area contributed by atoms with Gasteiger partial charge in [-0.1, -0.05) is 30.3 Å². The Morgan fingerprint density at radius 1 is 1.10 bits per heavy atom. The minimum atomic E-state index is -0.257. The van der Waals surface area contributed by atoms with Gasteiger partial charge in [0.2, 0.25) is 0 Å². The van der Waals surface area contributed by atoms with Crippen LogP contribution in [-0.4, -0.2) is 29.7 Å². The largest absolute Gasteiger partial charge is 0.352 e. The molecule has 0 aliphatic carbocycles. The van der Waals surface area contributed by atoms with Crippen LogP contribution in [0.5, 0.6) is 0 Å². The fraction of sp³-hybridized carbons (Fsp3) is 0.160. The van der Waals surface area contributed by atoms with Gasteiger partial charge in [0, 0.05) is 36.0 Å². The highest BCUT2D eigenvalue weighted by atomic mass is 19.1. The van der Waals surface area contributed by atoms with E-state index < -0.39 is 0 Å². The second-order valence-corrected chi connectivity index (χ2v) is 7.26. The van der Waals surface area contributed by atoms with E-state index in [4.69, 9.17) is 0 Å². The normalized spacial score (nSPS) is 13.0. The summed E-state index contributed by atoms with van der Waals surface area (Å²) in [7, 11) is 0. The van der Waals surface area contributed by atoms with E-state index in [1.165, 1.54) is 12.1 Å². The number of carbonyl (C=O) groups excluding carboxylic acids is 1. The van der Waals surface area contributed by atoms with Gasteiger partial charge in [-0.05, 0) is 60.0 Å². The van der Waals surface area contributed by atoms with Crippen LogP contribution in [0.3, 0.4) is 0 Å². The lowest BCUT2D eigenvalue weighted by atomic mass is 9.99. The van der Waals surface area contributed by atoms with Crippen molar-refractivity contribution in [3.05, 3.63) is 107 Å². The van der Waals surface area contributed by atoms with Gasteiger partial charge in [-0.2, -0.15) is 0 Å². The molecule has 4 rings (SSSR count). The molecule has 2 aromatic carbocycles. The van der Waals surface area contributed by atoms with Crippen molar-refractivity contribution in [1.82, 2.24) is 10.3 Å². The van der Waals surface area contributed by atoms with E-state index in [1.807, 2.05) is 55.5 Å². The summed E-state index contributed by atoms with van der Waals surface area (Å²) in [5, 5.41) is 2.96. The standard InChI is InChI=1S/C25H22FN3O/c1-17-12-18(14-20(26)13-17)19-15-24(29-16-19)22-7-2-3-8-23(22)25(30)28-11-9-21-6-4-5-10-27-21/h2-8,10,12-15H,9,11,16H2,1H3,(H,28,30). The molecule has 1 amide bonds. The molecule has 30 heavy (non-hydrogen) atoms. The summed E-state index contributed by atoms with van der Waals surface area (Å²) in [5.74, 6) is -0.403. The first-order valence-electron chi connectivity index (χ1n) is 9.90. The van der Waals surface area contributed by atoms with Crippen LogP contribution in [0.4, 0.5) is 4.39 Å². The number of nitrogens with zero attached hydrogens (tertiary/aromatic N) is 2. The molecule has 5 heteroatoms. The van der Waals surface area contributed by atoms with Crippen molar-refractivity contribution in [2.24, 2.45) is 4.99 Å². The third-order valence-corrected chi connectivity index (χ3v) is 4.98. The molecular formula is C25H22FN3O. The zero-order valence-corrected chi connectivity index (χ0v) is 16.7. The molecular weight excluding hydrogens is 377 g/mol. The number of amides is 1. The number of aliphatic imine (C=N–C) groups is 1. The van der Waals surface area contributed by atoms with Gasteiger partial charge in [0.15, 0.2) is 0 Å². The number of pyridine rings is 1. The van der Waals surface area contributed by atoms with Crippen LogP contribution in [0.2, 0.25) is 0 Å². The molecule has 150 valence electrons. The Morgan fingerprint density at radius 3 is 2.73 bits per heavy atom. The summed E-state index contributed by atoms with van der Waals surface area (Å²) in [6.07, 6.45) is 4.35. The van der Waals surface area contributed by atoms with E-state index >= 15 is 0 Å². The van der Waals surface area contributed by atoms with Gasteiger partial charge in [-0.15, -0.1) is 0 Å². The second kappa shape index (κ2) is 8.82. The summed E-state index contributed by atoms with van der Waals surface area (Å²) < 4.78 is 13.8. The van der Waals surface area contributed by atoms with E-state index in [9.17, 15) is 9.18 Å². The first-order chi connectivity index (χ1) is 14.6. The predicted molar refractivity (Wildman–Crippen MR) is 117 cm³/mol. The number of benzene rings is 2. The fourth-order valence-electron chi connectivity index (χ4n) is 3.54. The number of allylic oxidation sites excluding steroid dienone is 1. The molecule has 0 radical (unpaired) electrons. The molecule has 0 atom stereocenters. The lowest BCUT2D eigenvalue weighted by Crippen LogP contribution is -2.27. The average Bonchev–Trinajstić information content (AvgIpc) is 3.24. The van der Waals surface area contributed by atoms with E-state index in [-0.39, 0.29) is 11.7 Å². The van der Waals surface area contributed by atoms with Crippen molar-refractivity contribution in [3.63, 3.8) is 0 Å². The lowest BCUT2D eigenvalue weighted by molar-refractivity contribution is 0.0954. The minimum absolute atomic E-state index is 0.146. The molecule has 0 unspecified atom stereocenters. The molecule has 1 aliphatic heterocycles. The highest BCUT2D eigenvalue weighted by molar-refractivity contribution is 6.19. The van der Waals surface area contributed by atoms with Gasteiger partial charge < -0.3 is 5.32 Å². The molecule has 1 N–H and O–H groups in total. The maximum absolute atomic E-state index is 13.8. The number of hydrogen-bond acceptors (Lipinski definition) is 3. The van der Waals surface area contributed by atoms with Crippen LogP contribution in [0, 0.1) is 12.7 Å². The summed E-state index contributed by atoms with van der Waals surface area (Å²) in [6.45, 7) is 2.84. The summed E-state index contributed by atoms with van der Waals surface area (Å²) in [5.41, 5.74) is 5.65. The Hall–Kier alpha value is -3.60. The number of halogens is 1. The maximum atomic E-state index is 13.8. The Balaban J connectivity index is 1.50. The van der Waals surface area contributed by atoms with Gasteiger partial charge in [-0.25, -0.2) is 4.39 Å².